The van der Waals surface area contributed by atoms with Crippen LogP contribution in [0.25, 0.3) is 0 Å². The summed E-state index contributed by atoms with van der Waals surface area (Å²) in [4.78, 5) is 24.3. The van der Waals surface area contributed by atoms with Crippen molar-refractivity contribution in [1.29, 1.82) is 0 Å². The summed E-state index contributed by atoms with van der Waals surface area (Å²) in [6.07, 6.45) is 0.901. The Kier molecular flexibility index (Phi) is 3.61. The highest BCUT2D eigenvalue weighted by molar-refractivity contribution is 5.93. The summed E-state index contributed by atoms with van der Waals surface area (Å²) in [5.41, 5.74) is 0.364. The van der Waals surface area contributed by atoms with Gasteiger partial charge in [0, 0.05) is 25.7 Å². The van der Waals surface area contributed by atoms with Gasteiger partial charge in [-0.25, -0.2) is 4.57 Å². The van der Waals surface area contributed by atoms with Crippen LogP contribution in [0.2, 0.25) is 0 Å². The summed E-state index contributed by atoms with van der Waals surface area (Å²) in [6.45, 7) is 2.98. The van der Waals surface area contributed by atoms with Gasteiger partial charge in [-0.3, -0.25) is 4.79 Å². The van der Waals surface area contributed by atoms with Crippen LogP contribution in [0.4, 0.5) is 5.82 Å². The Morgan fingerprint density at radius 2 is 2.17 bits per heavy atom. The number of nitrogens with one attached hydrogen (secondary N) is 1. The lowest BCUT2D eigenvalue weighted by atomic mass is 10.3. The summed E-state index contributed by atoms with van der Waals surface area (Å²) in [5, 5.41) is 14.0. The first kappa shape index (κ1) is 12.6. The molecule has 0 bridgehead atoms. The van der Waals surface area contributed by atoms with Gasteiger partial charge in [-0.1, -0.05) is 0 Å². The number of amides is 1. The Balaban J connectivity index is 2.20. The van der Waals surface area contributed by atoms with Crippen molar-refractivity contribution in [3.05, 3.63) is 27.9 Å². The van der Waals surface area contributed by atoms with Crippen molar-refractivity contribution in [3.63, 3.8) is 0 Å². The van der Waals surface area contributed by atoms with E-state index in [1.54, 1.807) is 11.9 Å². The number of nitrogens with zero attached hydrogens (tertiary/aromatic N) is 3. The van der Waals surface area contributed by atoms with E-state index in [4.69, 9.17) is 0 Å². The molecule has 1 aromatic rings. The second-order valence-corrected chi connectivity index (χ2v) is 4.29. The number of hydrogen-bond donors (Lipinski definition) is 1. The van der Waals surface area contributed by atoms with E-state index in [9.17, 15) is 14.9 Å². The first-order valence-corrected chi connectivity index (χ1v) is 5.91. The molecule has 7 nitrogen and oxygen atoms in total. The fourth-order valence-corrected chi connectivity index (χ4v) is 2.11. The molecule has 0 aromatic carbocycles. The predicted molar refractivity (Wildman–Crippen MR) is 65.5 cm³/mol. The monoisotopic (exact) mass is 252 g/mol. The van der Waals surface area contributed by atoms with Crippen LogP contribution >= 0.6 is 0 Å². The lowest BCUT2D eigenvalue weighted by Crippen LogP contribution is -2.35. The fourth-order valence-electron chi connectivity index (χ4n) is 2.11. The molecule has 1 aromatic heterocycles. The zero-order valence-corrected chi connectivity index (χ0v) is 10.3. The summed E-state index contributed by atoms with van der Waals surface area (Å²) < 4.78 is 1.33. The van der Waals surface area contributed by atoms with Crippen molar-refractivity contribution in [1.82, 2.24) is 14.8 Å². The highest BCUT2D eigenvalue weighted by atomic mass is 16.6. The lowest BCUT2D eigenvalue weighted by Gasteiger charge is -2.18. The molecule has 0 saturated carbocycles. The quantitative estimate of drug-likeness (QED) is 0.609. The van der Waals surface area contributed by atoms with E-state index in [0.717, 1.165) is 19.5 Å². The average Bonchev–Trinajstić information content (AvgIpc) is 2.56. The molecule has 7 heteroatoms. The molecule has 0 radical (unpaired) electrons. The molecule has 0 unspecified atom stereocenters. The normalized spacial score (nSPS) is 16.4. The van der Waals surface area contributed by atoms with Crippen LogP contribution in [0.15, 0.2) is 12.1 Å². The van der Waals surface area contributed by atoms with E-state index >= 15 is 0 Å². The minimum absolute atomic E-state index is 0.0636. The molecular formula is C11H16N4O3. The molecule has 98 valence electrons. The molecule has 2 rings (SSSR count). The van der Waals surface area contributed by atoms with Gasteiger partial charge in [-0.2, -0.15) is 0 Å². The minimum Gasteiger partial charge on any atom is -0.358 e. The van der Waals surface area contributed by atoms with Crippen molar-refractivity contribution < 1.29 is 9.72 Å². The summed E-state index contributed by atoms with van der Waals surface area (Å²) in [6, 6.07) is 2.88. The van der Waals surface area contributed by atoms with Gasteiger partial charge in [-0.05, 0) is 24.0 Å². The second-order valence-electron chi connectivity index (χ2n) is 4.29. The second kappa shape index (κ2) is 5.18. The molecule has 1 amide bonds. The number of aromatic nitrogens is 1. The van der Waals surface area contributed by atoms with E-state index in [1.807, 2.05) is 0 Å². The maximum atomic E-state index is 12.3. The maximum absolute atomic E-state index is 12.3. The van der Waals surface area contributed by atoms with Crippen molar-refractivity contribution in [3.8, 4) is 0 Å². The molecule has 0 spiro atoms. The Labute approximate surface area is 105 Å². The molecule has 18 heavy (non-hydrogen) atoms. The molecule has 0 atom stereocenters. The first-order chi connectivity index (χ1) is 8.61. The molecule has 2 heterocycles. The van der Waals surface area contributed by atoms with Crippen LogP contribution in [-0.2, 0) is 7.05 Å². The van der Waals surface area contributed by atoms with E-state index < -0.39 is 4.92 Å². The van der Waals surface area contributed by atoms with Gasteiger partial charge < -0.3 is 20.3 Å². The van der Waals surface area contributed by atoms with Gasteiger partial charge in [0.05, 0.1) is 7.05 Å². The largest absolute Gasteiger partial charge is 0.358 e. The van der Waals surface area contributed by atoms with Gasteiger partial charge in [0.1, 0.15) is 0 Å². The van der Waals surface area contributed by atoms with Crippen LogP contribution in [-0.4, -0.2) is 46.5 Å². The Bertz CT molecular complexity index is 461. The number of carbonyl (C=O) groups excluding carboxylic acids is 1. The van der Waals surface area contributed by atoms with Gasteiger partial charge in [0.25, 0.3) is 5.91 Å². The van der Waals surface area contributed by atoms with Crippen molar-refractivity contribution in [2.24, 2.45) is 7.05 Å². The maximum Gasteiger partial charge on any atom is 0.323 e. The van der Waals surface area contributed by atoms with E-state index in [1.165, 1.54) is 16.7 Å². The fraction of sp³-hybridized carbons (Fsp3) is 0.545. The van der Waals surface area contributed by atoms with Crippen LogP contribution in [0.1, 0.15) is 16.9 Å². The Hall–Kier alpha value is -1.89. The molecule has 1 N–H and O–H groups in total. The van der Waals surface area contributed by atoms with Crippen LogP contribution in [0.5, 0.6) is 0 Å². The third-order valence-electron chi connectivity index (χ3n) is 3.13. The average molecular weight is 252 g/mol. The topological polar surface area (TPSA) is 80.4 Å². The summed E-state index contributed by atoms with van der Waals surface area (Å²) in [5.74, 6) is -0.208. The van der Waals surface area contributed by atoms with E-state index in [0.29, 0.717) is 18.8 Å². The zero-order valence-electron chi connectivity index (χ0n) is 10.3. The van der Waals surface area contributed by atoms with E-state index in [2.05, 4.69) is 5.32 Å². The molecule has 1 aliphatic heterocycles. The van der Waals surface area contributed by atoms with Crippen molar-refractivity contribution in [2.45, 2.75) is 6.42 Å². The smallest absolute Gasteiger partial charge is 0.323 e. The Morgan fingerprint density at radius 1 is 1.39 bits per heavy atom. The van der Waals surface area contributed by atoms with E-state index in [-0.39, 0.29) is 11.7 Å². The number of carbonyl (C=O) groups is 1. The van der Waals surface area contributed by atoms with Gasteiger partial charge >= 0.3 is 5.82 Å². The highest BCUT2D eigenvalue weighted by Crippen LogP contribution is 2.17. The third kappa shape index (κ3) is 2.35. The molecule has 1 saturated heterocycles. The third-order valence-corrected chi connectivity index (χ3v) is 3.13. The lowest BCUT2D eigenvalue weighted by molar-refractivity contribution is -0.391. The number of nitro groups is 1. The first-order valence-electron chi connectivity index (χ1n) is 5.91. The summed E-state index contributed by atoms with van der Waals surface area (Å²) in [7, 11) is 1.54. The number of hydrogen-bond acceptors (Lipinski definition) is 4. The molecular weight excluding hydrogens is 236 g/mol. The standard InChI is InChI=1S/C11H16N4O3/c1-13-9(3-4-10(13)15(17)18)11(16)14-7-2-5-12-6-8-14/h3-4,12H,2,5-8H2,1H3. The minimum atomic E-state index is -0.485. The highest BCUT2D eigenvalue weighted by Gasteiger charge is 2.25. The van der Waals surface area contributed by atoms with Crippen molar-refractivity contribution in [2.75, 3.05) is 26.2 Å². The van der Waals surface area contributed by atoms with Crippen LogP contribution in [0, 0.1) is 10.1 Å². The molecule has 0 aliphatic carbocycles. The predicted octanol–water partition coefficient (Wildman–Crippen LogP) is 0.369. The molecule has 1 aliphatic rings. The van der Waals surface area contributed by atoms with Crippen LogP contribution in [0.3, 0.4) is 0 Å². The van der Waals surface area contributed by atoms with Crippen LogP contribution < -0.4 is 5.32 Å². The number of rotatable bonds is 2. The van der Waals surface area contributed by atoms with Gasteiger partial charge in [-0.15, -0.1) is 0 Å². The SMILES string of the molecule is Cn1c(C(=O)N2CCCNCC2)ccc1[N+](=O)[O-]. The van der Waals surface area contributed by atoms with Crippen molar-refractivity contribution >= 4 is 11.7 Å². The van der Waals surface area contributed by atoms with Gasteiger partial charge in [0.2, 0.25) is 0 Å². The molecule has 1 fully saturated rings. The zero-order chi connectivity index (χ0) is 13.1. The Morgan fingerprint density at radius 3 is 2.83 bits per heavy atom. The summed E-state index contributed by atoms with van der Waals surface area (Å²) >= 11 is 0. The van der Waals surface area contributed by atoms with Gasteiger partial charge in [0.15, 0.2) is 5.69 Å².